The van der Waals surface area contributed by atoms with Crippen molar-refractivity contribution in [2.45, 2.75) is 51.5 Å². The Bertz CT molecular complexity index is 1110. The van der Waals surface area contributed by atoms with Gasteiger partial charge in [0, 0.05) is 42.8 Å². The average molecular weight is 450 g/mol. The zero-order valence-electron chi connectivity index (χ0n) is 18.7. The smallest absolute Gasteiger partial charge is 0.249 e. The molecule has 1 atom stereocenters. The molecule has 3 aromatic rings. The number of nitrogens with zero attached hydrogens (tertiary/aromatic N) is 5. The number of rotatable bonds is 5. The van der Waals surface area contributed by atoms with Crippen molar-refractivity contribution >= 4 is 5.91 Å². The quantitative estimate of drug-likeness (QED) is 0.579. The van der Waals surface area contributed by atoms with Crippen molar-refractivity contribution in [2.24, 2.45) is 11.8 Å². The number of carbonyl (C=O) groups is 1. The minimum atomic E-state index is -0.235. The number of hydrogen-bond donors (Lipinski definition) is 0. The lowest BCUT2D eigenvalue weighted by Gasteiger charge is -2.31. The molecule has 1 aliphatic carbocycles. The van der Waals surface area contributed by atoms with Crippen molar-refractivity contribution in [3.63, 3.8) is 0 Å². The summed E-state index contributed by atoms with van der Waals surface area (Å²) in [5.74, 6) is 1.03. The second-order valence-electron chi connectivity index (χ2n) is 9.02. The number of imidazole rings is 1. The van der Waals surface area contributed by atoms with Crippen LogP contribution in [0.25, 0.3) is 5.69 Å². The standard InChI is InChI=1S/C25H28FN5O2/c1-17-28-9-10-30(17)22-14-19(13-21(26)15-22)12-18-2-4-20(5-3-18)25(32)31-24(6-11-33-31)23-16-27-7-8-29-23/h7-10,13-16,18,20,24H,2-6,11-12H2,1H3/t18?,20?,24-/m0/s1. The van der Waals surface area contributed by atoms with Crippen LogP contribution in [-0.4, -0.2) is 37.1 Å². The summed E-state index contributed by atoms with van der Waals surface area (Å²) in [5, 5.41) is 1.53. The van der Waals surface area contributed by atoms with E-state index in [1.165, 1.54) is 11.1 Å². The molecule has 33 heavy (non-hydrogen) atoms. The number of hydrogen-bond acceptors (Lipinski definition) is 5. The molecule has 0 unspecified atom stereocenters. The lowest BCUT2D eigenvalue weighted by atomic mass is 9.78. The Balaban J connectivity index is 1.21. The van der Waals surface area contributed by atoms with Crippen molar-refractivity contribution in [1.82, 2.24) is 24.6 Å². The summed E-state index contributed by atoms with van der Waals surface area (Å²) in [7, 11) is 0. The van der Waals surface area contributed by atoms with Gasteiger partial charge >= 0.3 is 0 Å². The van der Waals surface area contributed by atoms with E-state index in [-0.39, 0.29) is 23.7 Å². The largest absolute Gasteiger partial charge is 0.304 e. The second kappa shape index (κ2) is 9.39. The predicted molar refractivity (Wildman–Crippen MR) is 120 cm³/mol. The number of aryl methyl sites for hydroxylation is 1. The third-order valence-corrected chi connectivity index (χ3v) is 6.81. The zero-order chi connectivity index (χ0) is 22.8. The van der Waals surface area contributed by atoms with Crippen LogP contribution in [0.3, 0.4) is 0 Å². The van der Waals surface area contributed by atoms with Gasteiger partial charge in [-0.2, -0.15) is 0 Å². The summed E-state index contributed by atoms with van der Waals surface area (Å²) in [6.07, 6.45) is 13.6. The molecule has 0 spiro atoms. The van der Waals surface area contributed by atoms with E-state index in [2.05, 4.69) is 15.0 Å². The van der Waals surface area contributed by atoms with Crippen LogP contribution in [0.1, 0.15) is 55.2 Å². The van der Waals surface area contributed by atoms with Crippen LogP contribution < -0.4 is 0 Å². The molecule has 1 saturated heterocycles. The van der Waals surface area contributed by atoms with Gasteiger partial charge in [0.1, 0.15) is 17.7 Å². The fourth-order valence-electron chi connectivity index (χ4n) is 5.11. The van der Waals surface area contributed by atoms with Crippen LogP contribution in [0.5, 0.6) is 0 Å². The van der Waals surface area contributed by atoms with Crippen molar-refractivity contribution in [3.8, 4) is 5.69 Å². The Hall–Kier alpha value is -3.13. The molecule has 1 aliphatic heterocycles. The van der Waals surface area contributed by atoms with Gasteiger partial charge in [-0.3, -0.25) is 19.6 Å². The van der Waals surface area contributed by atoms with E-state index >= 15 is 0 Å². The van der Waals surface area contributed by atoms with E-state index < -0.39 is 0 Å². The first-order valence-electron chi connectivity index (χ1n) is 11.6. The highest BCUT2D eigenvalue weighted by atomic mass is 19.1. The Labute approximate surface area is 192 Å². The van der Waals surface area contributed by atoms with Crippen LogP contribution in [0.2, 0.25) is 0 Å². The lowest BCUT2D eigenvalue weighted by Crippen LogP contribution is -2.37. The third kappa shape index (κ3) is 4.66. The molecular weight excluding hydrogens is 421 g/mol. The highest BCUT2D eigenvalue weighted by Crippen LogP contribution is 2.36. The van der Waals surface area contributed by atoms with Gasteiger partial charge in [-0.15, -0.1) is 0 Å². The number of amides is 1. The van der Waals surface area contributed by atoms with Crippen LogP contribution in [-0.2, 0) is 16.1 Å². The molecule has 1 amide bonds. The first-order chi connectivity index (χ1) is 16.1. The summed E-state index contributed by atoms with van der Waals surface area (Å²) in [6.45, 7) is 2.42. The second-order valence-corrected chi connectivity index (χ2v) is 9.02. The van der Waals surface area contributed by atoms with E-state index in [1.54, 1.807) is 30.9 Å². The molecule has 1 aromatic carbocycles. The zero-order valence-corrected chi connectivity index (χ0v) is 18.7. The highest BCUT2D eigenvalue weighted by molar-refractivity contribution is 5.78. The first-order valence-corrected chi connectivity index (χ1v) is 11.6. The first kappa shape index (κ1) is 21.7. The molecule has 172 valence electrons. The molecule has 8 heteroatoms. The fourth-order valence-corrected chi connectivity index (χ4v) is 5.11. The fraction of sp³-hybridized carbons (Fsp3) is 0.440. The summed E-state index contributed by atoms with van der Waals surface area (Å²) in [5.41, 5.74) is 2.55. The summed E-state index contributed by atoms with van der Waals surface area (Å²) in [4.78, 5) is 31.6. The minimum Gasteiger partial charge on any atom is -0.304 e. The Kier molecular flexibility index (Phi) is 6.17. The van der Waals surface area contributed by atoms with Crippen molar-refractivity contribution < 1.29 is 14.0 Å². The molecule has 1 saturated carbocycles. The summed E-state index contributed by atoms with van der Waals surface area (Å²) >= 11 is 0. The van der Waals surface area contributed by atoms with Crippen molar-refractivity contribution in [2.75, 3.05) is 6.61 Å². The maximum absolute atomic E-state index is 14.3. The minimum absolute atomic E-state index is 0.0461. The van der Waals surface area contributed by atoms with Gasteiger partial charge in [0.15, 0.2) is 0 Å². The SMILES string of the molecule is Cc1nccn1-c1cc(F)cc(CC2CCC(C(=O)N3OCC[C@H]3c3cnccn3)CC2)c1. The van der Waals surface area contributed by atoms with Crippen LogP contribution in [0.15, 0.2) is 49.2 Å². The predicted octanol–water partition coefficient (Wildman–Crippen LogP) is 4.36. The topological polar surface area (TPSA) is 73.1 Å². The molecule has 2 aromatic heterocycles. The van der Waals surface area contributed by atoms with Gasteiger partial charge in [-0.05, 0) is 68.7 Å². The van der Waals surface area contributed by atoms with Gasteiger partial charge in [0.05, 0.1) is 18.5 Å². The van der Waals surface area contributed by atoms with Crippen LogP contribution >= 0.6 is 0 Å². The normalized spacial score (nSPS) is 23.1. The molecule has 2 fully saturated rings. The van der Waals surface area contributed by atoms with Crippen LogP contribution in [0.4, 0.5) is 4.39 Å². The summed E-state index contributed by atoms with van der Waals surface area (Å²) < 4.78 is 16.2. The van der Waals surface area contributed by atoms with Gasteiger partial charge in [0.2, 0.25) is 5.91 Å². The van der Waals surface area contributed by atoms with Crippen molar-refractivity contribution in [3.05, 3.63) is 72.1 Å². The number of carbonyl (C=O) groups excluding carboxylic acids is 1. The number of halogens is 1. The number of aromatic nitrogens is 4. The van der Waals surface area contributed by atoms with Crippen LogP contribution in [0, 0.1) is 24.6 Å². The van der Waals surface area contributed by atoms with E-state index in [0.29, 0.717) is 12.5 Å². The number of hydroxylamine groups is 2. The van der Waals surface area contributed by atoms with Gasteiger partial charge < -0.3 is 4.57 Å². The van der Waals surface area contributed by atoms with Crippen molar-refractivity contribution in [1.29, 1.82) is 0 Å². The Morgan fingerprint density at radius 1 is 1.09 bits per heavy atom. The molecule has 0 N–H and O–H groups in total. The van der Waals surface area contributed by atoms with Gasteiger partial charge in [0.25, 0.3) is 0 Å². The monoisotopic (exact) mass is 449 g/mol. The van der Waals surface area contributed by atoms with E-state index in [4.69, 9.17) is 4.84 Å². The molecule has 0 bridgehead atoms. The molecule has 2 aliphatic rings. The maximum atomic E-state index is 14.3. The van der Waals surface area contributed by atoms with Gasteiger partial charge in [-0.1, -0.05) is 0 Å². The molecule has 0 radical (unpaired) electrons. The Morgan fingerprint density at radius 2 is 1.94 bits per heavy atom. The lowest BCUT2D eigenvalue weighted by molar-refractivity contribution is -0.183. The summed E-state index contributed by atoms with van der Waals surface area (Å²) in [6, 6.07) is 5.04. The molecule has 3 heterocycles. The van der Waals surface area contributed by atoms with E-state index in [1.807, 2.05) is 23.8 Å². The molecular formula is C25H28FN5O2. The Morgan fingerprint density at radius 3 is 2.67 bits per heavy atom. The van der Waals surface area contributed by atoms with Gasteiger partial charge in [-0.25, -0.2) is 14.4 Å². The van der Waals surface area contributed by atoms with E-state index in [9.17, 15) is 9.18 Å². The maximum Gasteiger partial charge on any atom is 0.249 e. The highest BCUT2D eigenvalue weighted by Gasteiger charge is 2.37. The molecule has 5 rings (SSSR count). The third-order valence-electron chi connectivity index (χ3n) is 6.81. The number of benzene rings is 1. The molecule has 7 nitrogen and oxygen atoms in total. The van der Waals surface area contributed by atoms with E-state index in [0.717, 1.165) is 61.3 Å². The average Bonchev–Trinajstić information content (AvgIpc) is 3.48.